The van der Waals surface area contributed by atoms with Crippen LogP contribution in [0, 0.1) is 0 Å². The van der Waals surface area contributed by atoms with E-state index in [1.54, 1.807) is 0 Å². The molecule has 1 heterocycles. The molecule has 0 unspecified atom stereocenters. The second-order valence-corrected chi connectivity index (χ2v) is 6.08. The summed E-state index contributed by atoms with van der Waals surface area (Å²) in [6.45, 7) is 0. The summed E-state index contributed by atoms with van der Waals surface area (Å²) < 4.78 is 0. The number of hydrogen-bond acceptors (Lipinski definition) is 3. The van der Waals surface area contributed by atoms with E-state index in [1.165, 1.54) is 16.7 Å². The van der Waals surface area contributed by atoms with Crippen molar-refractivity contribution in [2.24, 2.45) is 5.73 Å². The molecule has 0 amide bonds. The maximum absolute atomic E-state index is 6.46. The molecule has 0 radical (unpaired) electrons. The van der Waals surface area contributed by atoms with Crippen molar-refractivity contribution in [2.45, 2.75) is 6.04 Å². The monoisotopic (exact) mass is 309 g/mol. The predicted molar refractivity (Wildman–Crippen MR) is 96.4 cm³/mol. The maximum Gasteiger partial charge on any atom is 0.0899 e. The van der Waals surface area contributed by atoms with Crippen LogP contribution in [-0.2, 0) is 0 Å². The fraction of sp³-hybridized carbons (Fsp3) is 0.0476. The summed E-state index contributed by atoms with van der Waals surface area (Å²) in [5.41, 5.74) is 15.0. The molecule has 0 saturated heterocycles. The van der Waals surface area contributed by atoms with Crippen molar-refractivity contribution in [2.75, 3.05) is 0 Å². The smallest absolute Gasteiger partial charge is 0.0899 e. The SMILES string of the molecule is N[C@@H]1c2ccccc2-c2c(-c3cnc4ccccc4n3)cccc21. The lowest BCUT2D eigenvalue weighted by Crippen LogP contribution is -2.07. The number of para-hydroxylation sites is 2. The Morgan fingerprint density at radius 2 is 1.42 bits per heavy atom. The van der Waals surface area contributed by atoms with Crippen LogP contribution >= 0.6 is 0 Å². The standard InChI is InChI=1S/C21H15N3/c22-21-14-7-2-1-6-13(14)20-15(8-5-9-16(20)21)19-12-23-17-10-3-4-11-18(17)24-19/h1-12,21H,22H2/t21-/m1/s1. The van der Waals surface area contributed by atoms with Gasteiger partial charge < -0.3 is 5.73 Å². The number of fused-ring (bicyclic) bond motifs is 4. The van der Waals surface area contributed by atoms with Gasteiger partial charge in [-0.2, -0.15) is 0 Å². The predicted octanol–water partition coefficient (Wildman–Crippen LogP) is 4.33. The van der Waals surface area contributed by atoms with E-state index in [1.807, 2.05) is 36.5 Å². The van der Waals surface area contributed by atoms with Crippen molar-refractivity contribution in [3.8, 4) is 22.4 Å². The molecule has 1 atom stereocenters. The molecule has 0 aliphatic heterocycles. The second kappa shape index (κ2) is 4.98. The van der Waals surface area contributed by atoms with Gasteiger partial charge in [-0.25, -0.2) is 4.98 Å². The quantitative estimate of drug-likeness (QED) is 0.569. The lowest BCUT2D eigenvalue weighted by atomic mass is 9.97. The third-order valence-electron chi connectivity index (χ3n) is 4.72. The molecule has 3 heteroatoms. The average Bonchev–Trinajstić information content (AvgIpc) is 2.95. The molecule has 1 aliphatic rings. The summed E-state index contributed by atoms with van der Waals surface area (Å²) in [5, 5.41) is 0. The third-order valence-corrected chi connectivity index (χ3v) is 4.72. The number of benzene rings is 3. The van der Waals surface area contributed by atoms with Crippen LogP contribution in [0.15, 0.2) is 72.9 Å². The molecule has 5 rings (SSSR count). The first kappa shape index (κ1) is 13.4. The maximum atomic E-state index is 6.46. The lowest BCUT2D eigenvalue weighted by molar-refractivity contribution is 0.901. The van der Waals surface area contributed by atoms with Crippen molar-refractivity contribution in [1.29, 1.82) is 0 Å². The molecular formula is C21H15N3. The Morgan fingerprint density at radius 1 is 0.708 bits per heavy atom. The number of rotatable bonds is 1. The zero-order chi connectivity index (χ0) is 16.1. The van der Waals surface area contributed by atoms with E-state index in [2.05, 4.69) is 41.4 Å². The molecule has 0 saturated carbocycles. The van der Waals surface area contributed by atoms with E-state index in [9.17, 15) is 0 Å². The van der Waals surface area contributed by atoms with Crippen molar-refractivity contribution < 1.29 is 0 Å². The van der Waals surface area contributed by atoms with Crippen LogP contribution in [0.25, 0.3) is 33.4 Å². The molecule has 0 bridgehead atoms. The highest BCUT2D eigenvalue weighted by molar-refractivity contribution is 5.91. The van der Waals surface area contributed by atoms with E-state index in [-0.39, 0.29) is 6.04 Å². The topological polar surface area (TPSA) is 51.8 Å². The van der Waals surface area contributed by atoms with Gasteiger partial charge in [-0.1, -0.05) is 54.6 Å². The second-order valence-electron chi connectivity index (χ2n) is 6.08. The molecule has 4 aromatic rings. The van der Waals surface area contributed by atoms with E-state index >= 15 is 0 Å². The molecule has 3 aromatic carbocycles. The first-order valence-corrected chi connectivity index (χ1v) is 8.03. The summed E-state index contributed by atoms with van der Waals surface area (Å²) >= 11 is 0. The van der Waals surface area contributed by atoms with Crippen molar-refractivity contribution >= 4 is 11.0 Å². The Hall–Kier alpha value is -3.04. The van der Waals surface area contributed by atoms with Crippen molar-refractivity contribution in [3.05, 3.63) is 84.1 Å². The van der Waals surface area contributed by atoms with Gasteiger partial charge in [0.15, 0.2) is 0 Å². The van der Waals surface area contributed by atoms with Crippen LogP contribution in [-0.4, -0.2) is 9.97 Å². The normalized spacial score (nSPS) is 15.3. The van der Waals surface area contributed by atoms with E-state index in [4.69, 9.17) is 10.7 Å². The Bertz CT molecular complexity index is 1090. The van der Waals surface area contributed by atoms with Gasteiger partial charge in [0.25, 0.3) is 0 Å². The van der Waals surface area contributed by atoms with Gasteiger partial charge in [0.2, 0.25) is 0 Å². The largest absolute Gasteiger partial charge is 0.320 e. The van der Waals surface area contributed by atoms with Crippen LogP contribution in [0.1, 0.15) is 17.2 Å². The number of aromatic nitrogens is 2. The van der Waals surface area contributed by atoms with Crippen LogP contribution in [0.4, 0.5) is 0 Å². The fourth-order valence-electron chi connectivity index (χ4n) is 3.59. The summed E-state index contributed by atoms with van der Waals surface area (Å²) in [6, 6.07) is 22.5. The minimum atomic E-state index is -0.0791. The van der Waals surface area contributed by atoms with Gasteiger partial charge in [-0.05, 0) is 34.4 Å². The number of nitrogens with two attached hydrogens (primary N) is 1. The van der Waals surface area contributed by atoms with Crippen LogP contribution < -0.4 is 5.73 Å². The molecule has 2 N–H and O–H groups in total. The van der Waals surface area contributed by atoms with Gasteiger partial charge >= 0.3 is 0 Å². The molecule has 1 aliphatic carbocycles. The minimum absolute atomic E-state index is 0.0791. The van der Waals surface area contributed by atoms with Crippen molar-refractivity contribution in [3.63, 3.8) is 0 Å². The molecular weight excluding hydrogens is 294 g/mol. The molecule has 0 fully saturated rings. The zero-order valence-electron chi connectivity index (χ0n) is 13.0. The highest BCUT2D eigenvalue weighted by Crippen LogP contribution is 2.46. The summed E-state index contributed by atoms with van der Waals surface area (Å²) in [6.07, 6.45) is 1.85. The van der Waals surface area contributed by atoms with E-state index in [0.29, 0.717) is 0 Å². The van der Waals surface area contributed by atoms with E-state index in [0.717, 1.165) is 27.9 Å². The van der Waals surface area contributed by atoms with Gasteiger partial charge in [0.1, 0.15) is 0 Å². The van der Waals surface area contributed by atoms with Gasteiger partial charge in [-0.15, -0.1) is 0 Å². The average molecular weight is 309 g/mol. The number of nitrogens with zero attached hydrogens (tertiary/aromatic N) is 2. The molecule has 3 nitrogen and oxygen atoms in total. The number of hydrogen-bond donors (Lipinski definition) is 1. The summed E-state index contributed by atoms with van der Waals surface area (Å²) in [5.74, 6) is 0. The zero-order valence-corrected chi connectivity index (χ0v) is 13.0. The summed E-state index contributed by atoms with van der Waals surface area (Å²) in [7, 11) is 0. The lowest BCUT2D eigenvalue weighted by Gasteiger charge is -2.10. The molecule has 1 aromatic heterocycles. The highest BCUT2D eigenvalue weighted by atomic mass is 14.8. The van der Waals surface area contributed by atoms with Crippen molar-refractivity contribution in [1.82, 2.24) is 9.97 Å². The Kier molecular flexibility index (Phi) is 2.78. The van der Waals surface area contributed by atoms with Gasteiger partial charge in [0, 0.05) is 5.56 Å². The fourth-order valence-corrected chi connectivity index (χ4v) is 3.59. The first-order valence-electron chi connectivity index (χ1n) is 8.03. The minimum Gasteiger partial charge on any atom is -0.320 e. The highest BCUT2D eigenvalue weighted by Gasteiger charge is 2.28. The Morgan fingerprint density at radius 3 is 2.33 bits per heavy atom. The Balaban J connectivity index is 1.79. The van der Waals surface area contributed by atoms with Gasteiger partial charge in [0.05, 0.1) is 29.0 Å². The van der Waals surface area contributed by atoms with E-state index < -0.39 is 0 Å². The van der Waals surface area contributed by atoms with Crippen LogP contribution in [0.2, 0.25) is 0 Å². The third kappa shape index (κ3) is 1.82. The molecule has 24 heavy (non-hydrogen) atoms. The first-order chi connectivity index (χ1) is 11.8. The van der Waals surface area contributed by atoms with Gasteiger partial charge in [-0.3, -0.25) is 4.98 Å². The molecule has 0 spiro atoms. The van der Waals surface area contributed by atoms with Crippen LogP contribution in [0.5, 0.6) is 0 Å². The summed E-state index contributed by atoms with van der Waals surface area (Å²) in [4.78, 5) is 9.38. The van der Waals surface area contributed by atoms with Crippen LogP contribution in [0.3, 0.4) is 0 Å². The Labute approximate surface area is 139 Å². The molecule has 114 valence electrons.